The molecule has 2 aliphatic rings. The van der Waals surface area contributed by atoms with Crippen LogP contribution in [0.2, 0.25) is 0 Å². The van der Waals surface area contributed by atoms with E-state index in [-0.39, 0.29) is 17.9 Å². The average Bonchev–Trinajstić information content (AvgIpc) is 3.24. The Bertz CT molecular complexity index is 1250. The van der Waals surface area contributed by atoms with E-state index in [1.807, 2.05) is 30.6 Å². The molecule has 3 heterocycles. The molecule has 0 saturated heterocycles. The Hall–Kier alpha value is -3.85. The zero-order valence-corrected chi connectivity index (χ0v) is 17.8. The highest BCUT2D eigenvalue weighted by molar-refractivity contribution is 5.82. The summed E-state index contributed by atoms with van der Waals surface area (Å²) in [5.74, 6) is 1.57. The smallest absolute Gasteiger partial charge is 0.258 e. The van der Waals surface area contributed by atoms with Crippen LogP contribution in [0.3, 0.4) is 0 Å². The molecule has 3 aromatic rings. The molecule has 0 amide bonds. The van der Waals surface area contributed by atoms with Crippen LogP contribution in [0.25, 0.3) is 10.9 Å². The van der Waals surface area contributed by atoms with Crippen molar-refractivity contribution in [3.05, 3.63) is 76.1 Å². The third kappa shape index (κ3) is 3.67. The number of fused-ring (bicyclic) bond motifs is 2. The molecule has 0 fully saturated rings. The van der Waals surface area contributed by atoms with Gasteiger partial charge in [0.15, 0.2) is 17.8 Å². The predicted octanol–water partition coefficient (Wildman–Crippen LogP) is 1.89. The van der Waals surface area contributed by atoms with Crippen LogP contribution in [-0.2, 0) is 6.54 Å². The Morgan fingerprint density at radius 2 is 1.94 bits per heavy atom. The molecular weight excluding hydrogens is 408 g/mol. The average molecular weight is 432 g/mol. The molecular formula is C23H24N6O3. The van der Waals surface area contributed by atoms with E-state index in [2.05, 4.69) is 37.6 Å². The summed E-state index contributed by atoms with van der Waals surface area (Å²) in [6.45, 7) is 1.30. The highest BCUT2D eigenvalue weighted by Crippen LogP contribution is 2.31. The van der Waals surface area contributed by atoms with E-state index in [0.717, 1.165) is 5.70 Å². The van der Waals surface area contributed by atoms with E-state index in [4.69, 9.17) is 14.5 Å². The van der Waals surface area contributed by atoms with Crippen LogP contribution in [0.4, 0.5) is 0 Å². The number of hydrogen-bond donors (Lipinski definition) is 3. The van der Waals surface area contributed by atoms with Gasteiger partial charge in [-0.1, -0.05) is 30.3 Å². The highest BCUT2D eigenvalue weighted by atomic mass is 16.5. The molecule has 3 N–H and O–H groups in total. The van der Waals surface area contributed by atoms with Crippen LogP contribution < -0.4 is 25.7 Å². The van der Waals surface area contributed by atoms with Gasteiger partial charge in [-0.15, -0.1) is 0 Å². The van der Waals surface area contributed by atoms with Gasteiger partial charge in [0, 0.05) is 25.4 Å². The number of nitrogens with one attached hydrogen (secondary N) is 3. The monoisotopic (exact) mass is 432 g/mol. The summed E-state index contributed by atoms with van der Waals surface area (Å²) in [4.78, 5) is 27.1. The second-order valence-electron chi connectivity index (χ2n) is 7.63. The van der Waals surface area contributed by atoms with Crippen molar-refractivity contribution in [3.63, 3.8) is 0 Å². The minimum Gasteiger partial charge on any atom is -0.493 e. The fraction of sp³-hybridized carbons (Fsp3) is 0.261. The summed E-state index contributed by atoms with van der Waals surface area (Å²) in [6.07, 6.45) is 3.57. The normalized spacial score (nSPS) is 19.4. The van der Waals surface area contributed by atoms with Gasteiger partial charge >= 0.3 is 0 Å². The van der Waals surface area contributed by atoms with Gasteiger partial charge in [0.25, 0.3) is 5.56 Å². The maximum absolute atomic E-state index is 12.8. The van der Waals surface area contributed by atoms with E-state index in [1.165, 1.54) is 12.7 Å². The number of ether oxygens (including phenoxy) is 2. The zero-order valence-electron chi connectivity index (χ0n) is 17.8. The largest absolute Gasteiger partial charge is 0.493 e. The summed E-state index contributed by atoms with van der Waals surface area (Å²) in [5.41, 5.74) is 2.51. The van der Waals surface area contributed by atoms with Crippen LogP contribution in [0.15, 0.2) is 64.1 Å². The number of aromatic nitrogens is 2. The minimum absolute atomic E-state index is 0.178. The summed E-state index contributed by atoms with van der Waals surface area (Å²) in [6, 6.07) is 13.4. The molecule has 9 heteroatoms. The Balaban J connectivity index is 1.38. The van der Waals surface area contributed by atoms with Gasteiger partial charge in [-0.2, -0.15) is 0 Å². The number of aliphatic imine (C=N–C) groups is 1. The van der Waals surface area contributed by atoms with E-state index < -0.39 is 0 Å². The second-order valence-corrected chi connectivity index (χ2v) is 7.63. The summed E-state index contributed by atoms with van der Waals surface area (Å²) < 4.78 is 10.7. The van der Waals surface area contributed by atoms with Gasteiger partial charge < -0.3 is 24.7 Å². The SMILES string of the molecule is COc1cc2nc(C3CN4C(=CN3)C=NC4NCc3ccccc3)[nH]c(=O)c2cc1OC. The van der Waals surface area contributed by atoms with E-state index in [9.17, 15) is 4.79 Å². The minimum atomic E-state index is -0.223. The molecule has 0 spiro atoms. The lowest BCUT2D eigenvalue weighted by Gasteiger charge is -2.34. The number of methoxy groups -OCH3 is 2. The molecule has 1 aromatic heterocycles. The third-order valence-electron chi connectivity index (χ3n) is 5.68. The van der Waals surface area contributed by atoms with Gasteiger partial charge in [0.1, 0.15) is 11.9 Å². The lowest BCUT2D eigenvalue weighted by Crippen LogP contribution is -2.47. The first-order valence-corrected chi connectivity index (χ1v) is 10.4. The summed E-state index contributed by atoms with van der Waals surface area (Å²) >= 11 is 0. The molecule has 32 heavy (non-hydrogen) atoms. The van der Waals surface area contributed by atoms with Crippen molar-refractivity contribution in [2.24, 2.45) is 4.99 Å². The first-order chi connectivity index (χ1) is 15.7. The maximum atomic E-state index is 12.8. The van der Waals surface area contributed by atoms with Crippen molar-refractivity contribution in [2.45, 2.75) is 18.9 Å². The van der Waals surface area contributed by atoms with Gasteiger partial charge in [0.05, 0.1) is 37.0 Å². The number of benzene rings is 2. The number of allylic oxidation sites excluding steroid dienone is 1. The van der Waals surface area contributed by atoms with Gasteiger partial charge in [-0.05, 0) is 11.6 Å². The fourth-order valence-corrected chi connectivity index (χ4v) is 3.99. The first kappa shape index (κ1) is 20.1. The molecule has 0 saturated carbocycles. The highest BCUT2D eigenvalue weighted by Gasteiger charge is 2.31. The Kier molecular flexibility index (Phi) is 5.24. The lowest BCUT2D eigenvalue weighted by molar-refractivity contribution is 0.209. The van der Waals surface area contributed by atoms with Crippen molar-refractivity contribution >= 4 is 17.1 Å². The molecule has 2 aromatic carbocycles. The second kappa shape index (κ2) is 8.35. The van der Waals surface area contributed by atoms with Gasteiger partial charge in [0.2, 0.25) is 0 Å². The number of hydrogen-bond acceptors (Lipinski definition) is 8. The molecule has 2 unspecified atom stereocenters. The number of H-pyrrole nitrogens is 1. The molecule has 164 valence electrons. The van der Waals surface area contributed by atoms with Crippen LogP contribution in [-0.4, -0.2) is 48.1 Å². The van der Waals surface area contributed by atoms with E-state index in [0.29, 0.717) is 41.3 Å². The Morgan fingerprint density at radius 3 is 2.72 bits per heavy atom. The topological polar surface area (TPSA) is 104 Å². The number of aromatic amines is 1. The lowest BCUT2D eigenvalue weighted by atomic mass is 10.1. The standard InChI is InChI=1S/C23H24N6O3/c1-31-19-8-16-17(9-20(19)32-2)27-21(28-22(16)30)18-13-29-15(11-24-18)12-26-23(29)25-10-14-6-4-3-5-7-14/h3-9,11-12,18,23-25H,10,13H2,1-2H3,(H,27,28,30). The molecule has 5 rings (SSSR count). The third-order valence-corrected chi connectivity index (χ3v) is 5.68. The van der Waals surface area contributed by atoms with Crippen molar-refractivity contribution in [2.75, 3.05) is 20.8 Å². The zero-order chi connectivity index (χ0) is 22.1. The van der Waals surface area contributed by atoms with E-state index in [1.54, 1.807) is 19.2 Å². The molecule has 0 bridgehead atoms. The molecule has 2 atom stereocenters. The quantitative estimate of drug-likeness (QED) is 0.546. The molecule has 0 radical (unpaired) electrons. The molecule has 0 aliphatic carbocycles. The molecule has 2 aliphatic heterocycles. The molecule has 9 nitrogen and oxygen atoms in total. The van der Waals surface area contributed by atoms with Gasteiger partial charge in [-0.25, -0.2) is 4.98 Å². The summed E-state index contributed by atoms with van der Waals surface area (Å²) in [7, 11) is 3.10. The van der Waals surface area contributed by atoms with Crippen molar-refractivity contribution < 1.29 is 9.47 Å². The number of rotatable bonds is 6. The van der Waals surface area contributed by atoms with Gasteiger partial charge in [-0.3, -0.25) is 15.1 Å². The van der Waals surface area contributed by atoms with Crippen molar-refractivity contribution in [3.8, 4) is 11.5 Å². The Morgan fingerprint density at radius 1 is 1.16 bits per heavy atom. The maximum Gasteiger partial charge on any atom is 0.258 e. The fourth-order valence-electron chi connectivity index (χ4n) is 3.99. The van der Waals surface area contributed by atoms with Crippen molar-refractivity contribution in [1.82, 2.24) is 25.5 Å². The Labute approximate surface area is 184 Å². The first-order valence-electron chi connectivity index (χ1n) is 10.4. The van der Waals surface area contributed by atoms with Crippen molar-refractivity contribution in [1.29, 1.82) is 0 Å². The van der Waals surface area contributed by atoms with Crippen LogP contribution >= 0.6 is 0 Å². The summed E-state index contributed by atoms with van der Waals surface area (Å²) in [5, 5.41) is 7.26. The number of nitrogens with zero attached hydrogens (tertiary/aromatic N) is 3. The predicted molar refractivity (Wildman–Crippen MR) is 122 cm³/mol. The van der Waals surface area contributed by atoms with Crippen LogP contribution in [0.1, 0.15) is 17.4 Å². The van der Waals surface area contributed by atoms with Crippen LogP contribution in [0.5, 0.6) is 11.5 Å². The van der Waals surface area contributed by atoms with E-state index >= 15 is 0 Å². The van der Waals surface area contributed by atoms with Crippen LogP contribution in [0, 0.1) is 0 Å².